The average molecular weight is 437 g/mol. The van der Waals surface area contributed by atoms with Crippen LogP contribution in [0.4, 0.5) is 0 Å². The Morgan fingerprint density at radius 2 is 1.56 bits per heavy atom. The Morgan fingerprint density at radius 1 is 1.00 bits per heavy atom. The molecule has 0 N–H and O–H groups in total. The highest BCUT2D eigenvalue weighted by atomic mass is 16.5. The number of carbonyl (C=O) groups excluding carboxylic acids is 3. The summed E-state index contributed by atoms with van der Waals surface area (Å²) in [6.07, 6.45) is 0.651. The molecule has 2 aromatic carbocycles. The smallest absolute Gasteiger partial charge is 0.262 e. The van der Waals surface area contributed by atoms with Crippen LogP contribution in [0.15, 0.2) is 36.4 Å². The zero-order valence-corrected chi connectivity index (χ0v) is 19.0. The van der Waals surface area contributed by atoms with Crippen molar-refractivity contribution in [3.63, 3.8) is 0 Å². The van der Waals surface area contributed by atoms with Crippen molar-refractivity contribution < 1.29 is 23.9 Å². The molecule has 0 radical (unpaired) electrons. The molecular formula is C25H28N2O5. The number of carbonyl (C=O) groups is 3. The Labute approximate surface area is 187 Å². The van der Waals surface area contributed by atoms with Crippen LogP contribution in [-0.2, 0) is 11.2 Å². The summed E-state index contributed by atoms with van der Waals surface area (Å²) in [5.74, 6) is -0.00754. The molecule has 7 nitrogen and oxygen atoms in total. The first-order chi connectivity index (χ1) is 15.3. The van der Waals surface area contributed by atoms with Crippen LogP contribution in [0, 0.1) is 5.92 Å². The lowest BCUT2D eigenvalue weighted by molar-refractivity contribution is -0.139. The summed E-state index contributed by atoms with van der Waals surface area (Å²) in [5.41, 5.74) is 2.78. The maximum absolute atomic E-state index is 13.8. The third-order valence-electron chi connectivity index (χ3n) is 6.46. The van der Waals surface area contributed by atoms with Crippen LogP contribution >= 0.6 is 0 Å². The lowest BCUT2D eigenvalue weighted by atomic mass is 9.91. The number of nitrogens with zero attached hydrogens (tertiary/aromatic N) is 2. The summed E-state index contributed by atoms with van der Waals surface area (Å²) >= 11 is 0. The number of hydrogen-bond acceptors (Lipinski definition) is 5. The van der Waals surface area contributed by atoms with Crippen LogP contribution in [0.1, 0.15) is 58.7 Å². The van der Waals surface area contributed by atoms with Gasteiger partial charge in [0.2, 0.25) is 5.91 Å². The first kappa shape index (κ1) is 21.9. The van der Waals surface area contributed by atoms with Crippen LogP contribution in [-0.4, -0.2) is 54.3 Å². The molecule has 2 atom stereocenters. The molecule has 2 aromatic rings. The Morgan fingerprint density at radius 3 is 2.09 bits per heavy atom. The monoisotopic (exact) mass is 436 g/mol. The fraction of sp³-hybridized carbons (Fsp3) is 0.400. The van der Waals surface area contributed by atoms with E-state index in [1.165, 1.54) is 0 Å². The van der Waals surface area contributed by atoms with E-state index in [0.717, 1.165) is 16.0 Å². The van der Waals surface area contributed by atoms with Crippen molar-refractivity contribution in [2.45, 2.75) is 39.3 Å². The molecule has 2 heterocycles. The van der Waals surface area contributed by atoms with E-state index in [9.17, 15) is 14.4 Å². The van der Waals surface area contributed by atoms with Gasteiger partial charge in [0, 0.05) is 6.54 Å². The number of fused-ring (bicyclic) bond motifs is 2. The van der Waals surface area contributed by atoms with Crippen molar-refractivity contribution in [1.29, 1.82) is 0 Å². The predicted octanol–water partition coefficient (Wildman–Crippen LogP) is 3.47. The predicted molar refractivity (Wildman–Crippen MR) is 119 cm³/mol. The van der Waals surface area contributed by atoms with Crippen molar-refractivity contribution in [3.05, 3.63) is 58.7 Å². The highest BCUT2D eigenvalue weighted by molar-refractivity contribution is 6.22. The lowest BCUT2D eigenvalue weighted by Gasteiger charge is -2.40. The Kier molecular flexibility index (Phi) is 5.67. The zero-order chi connectivity index (χ0) is 23.2. The average Bonchev–Trinajstić information content (AvgIpc) is 3.04. The molecule has 168 valence electrons. The lowest BCUT2D eigenvalue weighted by Crippen LogP contribution is -2.55. The van der Waals surface area contributed by atoms with Crippen LogP contribution in [0.2, 0.25) is 0 Å². The molecule has 7 heteroatoms. The first-order valence-corrected chi connectivity index (χ1v) is 10.8. The summed E-state index contributed by atoms with van der Waals surface area (Å²) in [6.45, 7) is 6.18. The maximum Gasteiger partial charge on any atom is 0.262 e. The summed E-state index contributed by atoms with van der Waals surface area (Å²) in [7, 11) is 3.18. The van der Waals surface area contributed by atoms with Gasteiger partial charge in [0.15, 0.2) is 11.5 Å². The molecule has 0 aromatic heterocycles. The molecule has 2 aliphatic rings. The minimum atomic E-state index is -0.869. The SMILES string of the molecule is COc1cc2c(cc1OC)[C@H](C)N(C(=O)[C@@H](C(C)C)N1C(=O)c3ccccc3C1=O)CC2. The number of hydrogen-bond donors (Lipinski definition) is 0. The van der Waals surface area contributed by atoms with Gasteiger partial charge in [-0.05, 0) is 54.7 Å². The van der Waals surface area contributed by atoms with E-state index in [1.54, 1.807) is 43.4 Å². The second kappa shape index (κ2) is 8.30. The summed E-state index contributed by atoms with van der Waals surface area (Å²) < 4.78 is 10.9. The van der Waals surface area contributed by atoms with E-state index in [1.807, 2.05) is 32.9 Å². The third kappa shape index (κ3) is 3.32. The van der Waals surface area contributed by atoms with Crippen molar-refractivity contribution in [2.75, 3.05) is 20.8 Å². The van der Waals surface area contributed by atoms with Gasteiger partial charge in [0.05, 0.1) is 31.4 Å². The number of benzene rings is 2. The molecule has 0 bridgehead atoms. The van der Waals surface area contributed by atoms with Gasteiger partial charge in [-0.2, -0.15) is 0 Å². The molecule has 3 amide bonds. The summed E-state index contributed by atoms with van der Waals surface area (Å²) in [4.78, 5) is 42.9. The highest BCUT2D eigenvalue weighted by Gasteiger charge is 2.46. The van der Waals surface area contributed by atoms with Gasteiger partial charge in [-0.1, -0.05) is 26.0 Å². The highest BCUT2D eigenvalue weighted by Crippen LogP contribution is 2.39. The van der Waals surface area contributed by atoms with E-state index in [4.69, 9.17) is 9.47 Å². The quantitative estimate of drug-likeness (QED) is 0.671. The molecule has 0 aliphatic carbocycles. The van der Waals surface area contributed by atoms with E-state index >= 15 is 0 Å². The largest absolute Gasteiger partial charge is 0.493 e. The van der Waals surface area contributed by atoms with Crippen molar-refractivity contribution in [1.82, 2.24) is 9.80 Å². The molecule has 2 aliphatic heterocycles. The number of rotatable bonds is 5. The zero-order valence-electron chi connectivity index (χ0n) is 19.0. The fourth-order valence-corrected chi connectivity index (χ4v) is 4.77. The fourth-order valence-electron chi connectivity index (χ4n) is 4.77. The number of ether oxygens (including phenoxy) is 2. The molecule has 0 saturated heterocycles. The maximum atomic E-state index is 13.8. The number of methoxy groups -OCH3 is 2. The second-order valence-corrected chi connectivity index (χ2v) is 8.58. The summed E-state index contributed by atoms with van der Waals surface area (Å²) in [6, 6.07) is 9.49. The van der Waals surface area contributed by atoms with E-state index in [2.05, 4.69) is 0 Å². The Hall–Kier alpha value is -3.35. The minimum absolute atomic E-state index is 0.220. The van der Waals surface area contributed by atoms with Gasteiger partial charge < -0.3 is 14.4 Å². The van der Waals surface area contributed by atoms with Gasteiger partial charge in [-0.3, -0.25) is 19.3 Å². The van der Waals surface area contributed by atoms with Gasteiger partial charge in [0.25, 0.3) is 11.8 Å². The van der Waals surface area contributed by atoms with Gasteiger partial charge in [0.1, 0.15) is 6.04 Å². The Balaban J connectivity index is 1.67. The van der Waals surface area contributed by atoms with Gasteiger partial charge >= 0.3 is 0 Å². The van der Waals surface area contributed by atoms with Crippen LogP contribution in [0.3, 0.4) is 0 Å². The molecule has 0 saturated carbocycles. The molecule has 0 spiro atoms. The van der Waals surface area contributed by atoms with Crippen LogP contribution < -0.4 is 9.47 Å². The standard InChI is InChI=1S/C25H28N2O5/c1-14(2)22(27-23(28)17-8-6-7-9-18(17)24(27)29)25(30)26-11-10-16-12-20(31-4)21(32-5)13-19(16)15(26)3/h6-9,12-15,22H,10-11H2,1-5H3/t15-,22+/m0/s1. The number of amides is 3. The van der Waals surface area contributed by atoms with Crippen molar-refractivity contribution in [3.8, 4) is 11.5 Å². The van der Waals surface area contributed by atoms with E-state index in [-0.39, 0.29) is 17.9 Å². The number of imide groups is 1. The first-order valence-electron chi connectivity index (χ1n) is 10.8. The Bertz CT molecular complexity index is 1060. The minimum Gasteiger partial charge on any atom is -0.493 e. The van der Waals surface area contributed by atoms with Gasteiger partial charge in [-0.15, -0.1) is 0 Å². The van der Waals surface area contributed by atoms with Crippen molar-refractivity contribution in [2.24, 2.45) is 5.92 Å². The van der Waals surface area contributed by atoms with Crippen molar-refractivity contribution >= 4 is 17.7 Å². The van der Waals surface area contributed by atoms with Crippen LogP contribution in [0.5, 0.6) is 11.5 Å². The molecule has 0 fully saturated rings. The normalized spacial score (nSPS) is 18.5. The molecule has 32 heavy (non-hydrogen) atoms. The summed E-state index contributed by atoms with van der Waals surface area (Å²) in [5, 5.41) is 0. The van der Waals surface area contributed by atoms with Gasteiger partial charge in [-0.25, -0.2) is 0 Å². The van der Waals surface area contributed by atoms with Crippen LogP contribution in [0.25, 0.3) is 0 Å². The third-order valence-corrected chi connectivity index (χ3v) is 6.46. The second-order valence-electron chi connectivity index (χ2n) is 8.58. The molecular weight excluding hydrogens is 408 g/mol. The van der Waals surface area contributed by atoms with E-state index < -0.39 is 17.9 Å². The molecule has 4 rings (SSSR count). The molecule has 0 unspecified atom stereocenters. The van der Waals surface area contributed by atoms with E-state index in [0.29, 0.717) is 35.6 Å². The topological polar surface area (TPSA) is 76.2 Å².